The van der Waals surface area contributed by atoms with Crippen molar-refractivity contribution >= 4 is 5.91 Å². The summed E-state index contributed by atoms with van der Waals surface area (Å²) >= 11 is 0. The molecule has 0 atom stereocenters. The average Bonchev–Trinajstić information content (AvgIpc) is 2.27. The Labute approximate surface area is 79.9 Å². The number of likely N-dealkylation sites (N-methyl/N-ethyl adjacent to an activating group) is 1. The van der Waals surface area contributed by atoms with Crippen LogP contribution in [0, 0.1) is 0 Å². The molecular weight excluding hydrogens is 162 g/mol. The number of nitrogens with zero attached hydrogens (tertiary/aromatic N) is 1. The Bertz CT molecular complexity index is 253. The van der Waals surface area contributed by atoms with Crippen LogP contribution in [0.25, 0.3) is 0 Å². The van der Waals surface area contributed by atoms with E-state index in [9.17, 15) is 4.79 Å². The van der Waals surface area contributed by atoms with E-state index in [1.165, 1.54) is 11.1 Å². The lowest BCUT2D eigenvalue weighted by Gasteiger charge is -2.14. The highest BCUT2D eigenvalue weighted by Crippen LogP contribution is 2.21. The van der Waals surface area contributed by atoms with Gasteiger partial charge >= 0.3 is 0 Å². The summed E-state index contributed by atoms with van der Waals surface area (Å²) in [6.45, 7) is 6.65. The lowest BCUT2D eigenvalue weighted by molar-refractivity contribution is -0.129. The maximum atomic E-state index is 11.4. The number of carbonyl (C=O) groups excluding carboxylic acids is 1. The Hall–Kier alpha value is -1.05. The third kappa shape index (κ3) is 2.20. The lowest BCUT2D eigenvalue weighted by atomic mass is 10.0. The normalized spacial score (nSPS) is 18.9. The quantitative estimate of drug-likeness (QED) is 0.636. The molecule has 1 rings (SSSR count). The van der Waals surface area contributed by atoms with E-state index in [1.807, 2.05) is 13.1 Å². The molecule has 0 saturated carbocycles. The van der Waals surface area contributed by atoms with Gasteiger partial charge in [0.1, 0.15) is 0 Å². The number of allylic oxidation sites excluding steroid dienone is 1. The van der Waals surface area contributed by atoms with Crippen molar-refractivity contribution < 1.29 is 4.79 Å². The zero-order chi connectivity index (χ0) is 9.84. The van der Waals surface area contributed by atoms with E-state index in [0.717, 1.165) is 19.4 Å². The lowest BCUT2D eigenvalue weighted by Crippen LogP contribution is -2.26. The van der Waals surface area contributed by atoms with Crippen LogP contribution in [0.15, 0.2) is 23.8 Å². The molecule has 0 aromatic heterocycles. The summed E-state index contributed by atoms with van der Waals surface area (Å²) in [6.07, 6.45) is 4.47. The summed E-state index contributed by atoms with van der Waals surface area (Å²) in [7, 11) is 1.85. The van der Waals surface area contributed by atoms with Crippen molar-refractivity contribution in [3.8, 4) is 0 Å². The van der Waals surface area contributed by atoms with Crippen LogP contribution >= 0.6 is 0 Å². The van der Waals surface area contributed by atoms with Gasteiger partial charge in [-0.05, 0) is 18.4 Å². The van der Waals surface area contributed by atoms with Crippen LogP contribution in [-0.4, -0.2) is 24.4 Å². The number of hydrogen-bond acceptors (Lipinski definition) is 1. The molecular formula is C11H17NO. The Balaban J connectivity index is 2.87. The van der Waals surface area contributed by atoms with Crippen molar-refractivity contribution in [2.75, 3.05) is 13.6 Å². The predicted octanol–water partition coefficient (Wildman–Crippen LogP) is 2.13. The molecule has 0 aromatic rings. The number of hydrogen-bond donors (Lipinski definition) is 0. The van der Waals surface area contributed by atoms with Crippen molar-refractivity contribution in [1.29, 1.82) is 0 Å². The monoisotopic (exact) mass is 179 g/mol. The van der Waals surface area contributed by atoms with Gasteiger partial charge in [0.2, 0.25) is 5.91 Å². The van der Waals surface area contributed by atoms with Crippen LogP contribution in [0.4, 0.5) is 0 Å². The van der Waals surface area contributed by atoms with E-state index in [-0.39, 0.29) is 5.91 Å². The van der Waals surface area contributed by atoms with Crippen LogP contribution in [0.2, 0.25) is 0 Å². The predicted molar refractivity (Wildman–Crippen MR) is 54.4 cm³/mol. The molecule has 2 nitrogen and oxygen atoms in total. The molecule has 1 aliphatic heterocycles. The molecule has 2 heteroatoms. The van der Waals surface area contributed by atoms with Crippen molar-refractivity contribution in [3.05, 3.63) is 23.8 Å². The van der Waals surface area contributed by atoms with Gasteiger partial charge in [-0.25, -0.2) is 0 Å². The van der Waals surface area contributed by atoms with E-state index in [4.69, 9.17) is 0 Å². The number of carbonyl (C=O) groups is 1. The topological polar surface area (TPSA) is 20.3 Å². The second-order valence-corrected chi connectivity index (χ2v) is 3.44. The molecule has 0 spiro atoms. The first kappa shape index (κ1) is 10.0. The molecule has 0 radical (unpaired) electrons. The van der Waals surface area contributed by atoms with Crippen LogP contribution in [-0.2, 0) is 4.79 Å². The Kier molecular flexibility index (Phi) is 3.29. The summed E-state index contributed by atoms with van der Waals surface area (Å²) in [5.74, 6) is 0.239. The van der Waals surface area contributed by atoms with Gasteiger partial charge < -0.3 is 4.90 Å². The zero-order valence-electron chi connectivity index (χ0n) is 8.47. The molecule has 0 unspecified atom stereocenters. The Morgan fingerprint density at radius 1 is 1.54 bits per heavy atom. The minimum absolute atomic E-state index is 0.239. The van der Waals surface area contributed by atoms with E-state index in [2.05, 4.69) is 13.5 Å². The van der Waals surface area contributed by atoms with Crippen molar-refractivity contribution in [2.45, 2.75) is 26.2 Å². The van der Waals surface area contributed by atoms with Gasteiger partial charge in [0.05, 0.1) is 0 Å². The minimum atomic E-state index is 0.239. The van der Waals surface area contributed by atoms with Gasteiger partial charge in [-0.1, -0.05) is 25.2 Å². The standard InChI is InChI=1S/C11H17NO/c1-4-9-6-7-11(13)12(3)8-10(9)5-2/h5H,2,4,6-8H2,1,3H3. The SMILES string of the molecule is C=CC1=C(CC)CCC(=O)N(C)C1. The molecule has 1 aliphatic rings. The minimum Gasteiger partial charge on any atom is -0.341 e. The second kappa shape index (κ2) is 4.26. The maximum Gasteiger partial charge on any atom is 0.222 e. The molecule has 0 fully saturated rings. The third-order valence-electron chi connectivity index (χ3n) is 2.60. The average molecular weight is 179 g/mol. The van der Waals surface area contributed by atoms with Gasteiger partial charge in [0.25, 0.3) is 0 Å². The Morgan fingerprint density at radius 2 is 2.23 bits per heavy atom. The number of amides is 1. The van der Waals surface area contributed by atoms with E-state index < -0.39 is 0 Å². The van der Waals surface area contributed by atoms with Crippen molar-refractivity contribution in [1.82, 2.24) is 4.90 Å². The summed E-state index contributed by atoms with van der Waals surface area (Å²) in [6, 6.07) is 0. The molecule has 13 heavy (non-hydrogen) atoms. The first-order chi connectivity index (χ1) is 6.19. The Morgan fingerprint density at radius 3 is 2.77 bits per heavy atom. The summed E-state index contributed by atoms with van der Waals surface area (Å²) in [4.78, 5) is 13.2. The van der Waals surface area contributed by atoms with Crippen LogP contribution in [0.3, 0.4) is 0 Å². The second-order valence-electron chi connectivity index (χ2n) is 3.44. The van der Waals surface area contributed by atoms with Gasteiger partial charge in [0.15, 0.2) is 0 Å². The fourth-order valence-corrected chi connectivity index (χ4v) is 1.68. The molecule has 0 N–H and O–H groups in total. The smallest absolute Gasteiger partial charge is 0.222 e. The first-order valence-corrected chi connectivity index (χ1v) is 4.76. The summed E-state index contributed by atoms with van der Waals surface area (Å²) < 4.78 is 0. The molecule has 0 bridgehead atoms. The summed E-state index contributed by atoms with van der Waals surface area (Å²) in [5, 5.41) is 0. The van der Waals surface area contributed by atoms with Gasteiger partial charge in [0, 0.05) is 20.0 Å². The van der Waals surface area contributed by atoms with Crippen molar-refractivity contribution in [3.63, 3.8) is 0 Å². The molecule has 0 saturated heterocycles. The third-order valence-corrected chi connectivity index (χ3v) is 2.60. The largest absolute Gasteiger partial charge is 0.341 e. The molecule has 72 valence electrons. The van der Waals surface area contributed by atoms with E-state index >= 15 is 0 Å². The number of rotatable bonds is 2. The highest BCUT2D eigenvalue weighted by molar-refractivity contribution is 5.77. The van der Waals surface area contributed by atoms with Gasteiger partial charge in [-0.2, -0.15) is 0 Å². The van der Waals surface area contributed by atoms with Gasteiger partial charge in [-0.15, -0.1) is 0 Å². The molecule has 1 amide bonds. The van der Waals surface area contributed by atoms with Crippen LogP contribution in [0.5, 0.6) is 0 Å². The molecule has 0 aromatic carbocycles. The van der Waals surface area contributed by atoms with Crippen molar-refractivity contribution in [2.24, 2.45) is 0 Å². The van der Waals surface area contributed by atoms with Gasteiger partial charge in [-0.3, -0.25) is 4.79 Å². The maximum absolute atomic E-state index is 11.4. The highest BCUT2D eigenvalue weighted by atomic mass is 16.2. The fraction of sp³-hybridized carbons (Fsp3) is 0.545. The van der Waals surface area contributed by atoms with E-state index in [0.29, 0.717) is 6.42 Å². The fourth-order valence-electron chi connectivity index (χ4n) is 1.68. The molecule has 0 aliphatic carbocycles. The summed E-state index contributed by atoms with van der Waals surface area (Å²) in [5.41, 5.74) is 2.61. The van der Waals surface area contributed by atoms with Crippen LogP contribution in [0.1, 0.15) is 26.2 Å². The first-order valence-electron chi connectivity index (χ1n) is 4.76. The molecule has 1 heterocycles. The zero-order valence-corrected chi connectivity index (χ0v) is 8.47. The highest BCUT2D eigenvalue weighted by Gasteiger charge is 2.16. The van der Waals surface area contributed by atoms with Crippen LogP contribution < -0.4 is 0 Å². The van der Waals surface area contributed by atoms with E-state index in [1.54, 1.807) is 4.90 Å².